The molecular weight excluding hydrogens is 1360 g/mol. The Bertz CT molecular complexity index is 4990. The summed E-state index contributed by atoms with van der Waals surface area (Å²) >= 11 is 0. The van der Waals surface area contributed by atoms with Crippen molar-refractivity contribution in [1.82, 2.24) is 10.5 Å². The highest BCUT2D eigenvalue weighted by atomic mass is 35.5. The molecule has 0 aromatic heterocycles. The molecule has 7 heterocycles. The Balaban J connectivity index is 0.000000147. The number of aliphatic imine (C=N–C) groups is 1. The van der Waals surface area contributed by atoms with E-state index in [1.54, 1.807) is 30.7 Å². The zero-order chi connectivity index (χ0) is 72.9. The van der Waals surface area contributed by atoms with Crippen molar-refractivity contribution in [1.29, 1.82) is 0 Å². The average Bonchev–Trinajstić information content (AvgIpc) is 1.71. The molecule has 0 bridgehead atoms. The van der Waals surface area contributed by atoms with Crippen molar-refractivity contribution in [3.05, 3.63) is 286 Å². The second-order valence-corrected chi connectivity index (χ2v) is 31.2. The number of ether oxygens (including phenoxy) is 6. The van der Waals surface area contributed by atoms with Gasteiger partial charge in [0.2, 0.25) is 11.7 Å². The van der Waals surface area contributed by atoms with E-state index < -0.39 is 14.0 Å². The van der Waals surface area contributed by atoms with Crippen LogP contribution in [0, 0.1) is 26.3 Å². The minimum absolute atomic E-state index is 0. The van der Waals surface area contributed by atoms with Gasteiger partial charge in [0.1, 0.15) is 58.5 Å². The van der Waals surface area contributed by atoms with Gasteiger partial charge >= 0.3 is 0 Å². The van der Waals surface area contributed by atoms with Crippen molar-refractivity contribution in [3.8, 4) is 67.9 Å². The van der Waals surface area contributed by atoms with E-state index in [9.17, 15) is 4.79 Å². The SMILES string of the molecule is C=C=N[Si](C)(C)C.CNO.Cl.[C-]#[N+]/N=C1/CC(C2CCOc3ccccc32)Oc2ccc(-c3cccc([N+]#[C-])c3)cc21.[C-]#[N+]c1cccc(-c2ccc3c(c2)C(=O)CC(C2CCOc4ccccc42)O3)c1.[C-]#[N+]c1cccc(-c2ccc3c(c2)C2(CC(C4CCOc5ccccc54)O3)N=C(N)N(C)O2)c1. The topological polar surface area (TPSA) is 198 Å². The van der Waals surface area contributed by atoms with Crippen LogP contribution in [0.1, 0.15) is 94.5 Å². The first-order valence-corrected chi connectivity index (χ1v) is 37.8. The van der Waals surface area contributed by atoms with Crippen LogP contribution in [0.15, 0.2) is 222 Å². The molecular formula is C84H79ClN10O9Si. The van der Waals surface area contributed by atoms with E-state index in [-0.39, 0.29) is 54.3 Å². The summed E-state index contributed by atoms with van der Waals surface area (Å²) in [5.74, 6) is 8.28. The number of nitrogens with one attached hydrogen (secondary N) is 1. The Labute approximate surface area is 619 Å². The number of rotatable bonds is 7. The summed E-state index contributed by atoms with van der Waals surface area (Å²) in [6.07, 6.45) is 3.56. The number of carbonyl (C=O) groups is 1. The Morgan fingerprint density at radius 1 is 0.562 bits per heavy atom. The highest BCUT2D eigenvalue weighted by Gasteiger charge is 2.51. The van der Waals surface area contributed by atoms with Crippen LogP contribution in [0.2, 0.25) is 19.6 Å². The number of benzene rings is 9. The van der Waals surface area contributed by atoms with Crippen LogP contribution >= 0.6 is 12.4 Å². The smallest absolute Gasteiger partial charge is 0.221 e. The number of nitrogens with zero attached hydrogens (tertiary/aromatic N) is 8. The number of nitrogens with two attached hydrogens (primary N) is 1. The Hall–Kier alpha value is -11.8. The Morgan fingerprint density at radius 2 is 0.971 bits per heavy atom. The number of fused-ring (bicyclic) bond motifs is 7. The summed E-state index contributed by atoms with van der Waals surface area (Å²) in [6.45, 7) is 40.9. The van der Waals surface area contributed by atoms with Gasteiger partial charge in [0.15, 0.2) is 31.1 Å². The fourth-order valence-corrected chi connectivity index (χ4v) is 14.6. The molecule has 21 heteroatoms. The maximum atomic E-state index is 13.0. The molecule has 0 radical (unpaired) electrons. The molecule has 16 rings (SSSR count). The van der Waals surface area contributed by atoms with Crippen molar-refractivity contribution < 1.29 is 43.3 Å². The van der Waals surface area contributed by atoms with Crippen LogP contribution in [0.3, 0.4) is 0 Å². The molecule has 7 unspecified atom stereocenters. The number of carbonyl (C=O) groups excluding carboxylic acids is 1. The molecule has 7 aliphatic rings. The van der Waals surface area contributed by atoms with Crippen molar-refractivity contribution in [3.63, 3.8) is 0 Å². The fraction of sp³-hybridized carbons (Fsp3) is 0.250. The molecule has 0 saturated carbocycles. The minimum atomic E-state index is -1.21. The van der Waals surface area contributed by atoms with E-state index in [1.165, 1.54) is 12.1 Å². The van der Waals surface area contributed by atoms with Crippen molar-refractivity contribution in [2.75, 3.05) is 33.9 Å². The van der Waals surface area contributed by atoms with Crippen LogP contribution in [0.25, 0.3) is 52.9 Å². The van der Waals surface area contributed by atoms with Crippen LogP contribution in [-0.4, -0.2) is 94.1 Å². The standard InChI is InChI=1S/C27H24N4O3.C26H19N3O2.C25H19NO3.C5H11NSi.CH5NO.ClH/c1-29-19-7-5-6-17(14-19)18-10-11-24-22(15-18)27(30-26(28)31(2)34-27)16-25(33-24)21-12-13-32-23-9-4-3-8-20(21)23;1-27-19-7-5-6-17(14-19)18-10-11-25-22(15-18)23(29-28-2)16-26(31-25)21-12-13-30-24-9-4-3-8-20(21)24;1-26-18-6-4-5-16(13-18)17-9-10-24-21(14-17)22(27)15-25(29-24)20-11-12-28-23-8-3-2-7-19(20)23;1-5-6-7(2,3)4;1-2-3;/h3-11,14-15,21,25H,12-13,16H2,2H3,(H2,28,30);3-11,14-15,21,26H,12-13,16H2;2-10,13-14,20,25H,11-12,15H2;1H2,2-4H3;2-3H,1H3;1H/b;29-23-;;;;. The number of para-hydroxylation sites is 3. The number of hydroxylamine groups is 3. The quantitative estimate of drug-likeness (QED) is 0.0592. The van der Waals surface area contributed by atoms with E-state index in [1.807, 2.05) is 164 Å². The Kier molecular flexibility index (Phi) is 23.8. The minimum Gasteiger partial charge on any atom is -0.493 e. The van der Waals surface area contributed by atoms with Gasteiger partial charge in [-0.2, -0.15) is 6.57 Å². The van der Waals surface area contributed by atoms with E-state index in [4.69, 9.17) is 75.5 Å². The third kappa shape index (κ3) is 17.0. The second kappa shape index (κ2) is 33.5. The molecule has 9 aromatic carbocycles. The zero-order valence-corrected chi connectivity index (χ0v) is 60.7. The summed E-state index contributed by atoms with van der Waals surface area (Å²) < 4.78 is 40.9. The normalized spacial score (nSPS) is 20.4. The molecule has 0 saturated heterocycles. The summed E-state index contributed by atoms with van der Waals surface area (Å²) in [5, 5.41) is 13.0. The van der Waals surface area contributed by atoms with Crippen molar-refractivity contribution in [2.24, 2.45) is 20.5 Å². The molecule has 0 amide bonds. The largest absolute Gasteiger partial charge is 0.493 e. The van der Waals surface area contributed by atoms with Gasteiger partial charge in [-0.3, -0.25) is 9.45 Å². The van der Waals surface area contributed by atoms with E-state index in [2.05, 4.69) is 79.5 Å². The summed E-state index contributed by atoms with van der Waals surface area (Å²) in [5.41, 5.74) is 20.9. The molecule has 7 atom stereocenters. The summed E-state index contributed by atoms with van der Waals surface area (Å²) in [7, 11) is 1.99. The highest BCUT2D eigenvalue weighted by molar-refractivity contribution is 6.75. The summed E-state index contributed by atoms with van der Waals surface area (Å²) in [4.78, 5) is 38.0. The zero-order valence-electron chi connectivity index (χ0n) is 58.9. The average molecular weight is 1440 g/mol. The van der Waals surface area contributed by atoms with Crippen molar-refractivity contribution >= 4 is 61.0 Å². The number of halogens is 1. The maximum absolute atomic E-state index is 13.0. The van der Waals surface area contributed by atoms with Gasteiger partial charge in [0.05, 0.1) is 55.8 Å². The fourth-order valence-electron chi connectivity index (χ4n) is 14.1. The first kappa shape index (κ1) is 74.4. The van der Waals surface area contributed by atoms with Gasteiger partial charge < -0.3 is 39.4 Å². The number of guanidine groups is 1. The third-order valence-corrected chi connectivity index (χ3v) is 19.7. The lowest BCUT2D eigenvalue weighted by atomic mass is 9.81. The number of hydrogen-bond acceptors (Lipinski definition) is 15. The highest BCUT2D eigenvalue weighted by Crippen LogP contribution is 2.52. The predicted octanol–water partition coefficient (Wildman–Crippen LogP) is 18.7. The monoisotopic (exact) mass is 1430 g/mol. The molecule has 0 fully saturated rings. The number of Topliss-reactive ketones (excluding diaryl/α,β-unsaturated/α-hetero) is 1. The van der Waals surface area contributed by atoms with Gasteiger partial charge in [-0.05, 0) is 158 Å². The molecule has 0 aliphatic carbocycles. The molecule has 19 nitrogen and oxygen atoms in total. The van der Waals surface area contributed by atoms with Gasteiger partial charge in [-0.15, -0.1) is 17.4 Å². The van der Waals surface area contributed by atoms with Gasteiger partial charge in [-0.1, -0.05) is 127 Å². The number of ketones is 1. The van der Waals surface area contributed by atoms with Crippen LogP contribution in [0.4, 0.5) is 17.1 Å². The first-order valence-electron chi connectivity index (χ1n) is 34.3. The summed E-state index contributed by atoms with van der Waals surface area (Å²) in [6, 6.07) is 64.5. The molecule has 7 aliphatic heterocycles. The lowest BCUT2D eigenvalue weighted by Crippen LogP contribution is -2.42. The Morgan fingerprint density at radius 3 is 1.40 bits per heavy atom. The first-order chi connectivity index (χ1) is 50.5. The van der Waals surface area contributed by atoms with Crippen molar-refractivity contribution in [2.45, 2.75) is 100.0 Å². The molecule has 4 N–H and O–H groups in total. The van der Waals surface area contributed by atoms with E-state index in [0.29, 0.717) is 73.4 Å². The molecule has 530 valence electrons. The van der Waals surface area contributed by atoms with Gasteiger partial charge in [0, 0.05) is 73.4 Å². The second-order valence-electron chi connectivity index (χ2n) is 26.6. The van der Waals surface area contributed by atoms with Crippen LogP contribution in [-0.2, 0) is 10.6 Å². The lowest BCUT2D eigenvalue weighted by Gasteiger charge is -2.41. The molecule has 9 aromatic rings. The number of hydrogen-bond donors (Lipinski definition) is 3. The van der Waals surface area contributed by atoms with E-state index >= 15 is 0 Å². The van der Waals surface area contributed by atoms with Crippen LogP contribution in [0.5, 0.6) is 34.5 Å². The van der Waals surface area contributed by atoms with Crippen LogP contribution < -0.4 is 39.6 Å². The molecule has 1 spiro atoms. The predicted molar refractivity (Wildman–Crippen MR) is 414 cm³/mol. The molecule has 105 heavy (non-hydrogen) atoms. The van der Waals surface area contributed by atoms with Gasteiger partial charge in [0.25, 0.3) is 0 Å². The van der Waals surface area contributed by atoms with E-state index in [0.717, 1.165) is 115 Å². The third-order valence-electron chi connectivity index (χ3n) is 18.8. The maximum Gasteiger partial charge on any atom is 0.221 e. The van der Waals surface area contributed by atoms with Gasteiger partial charge in [-0.25, -0.2) is 34.9 Å². The lowest BCUT2D eigenvalue weighted by molar-refractivity contribution is -0.192.